The first-order valence-corrected chi connectivity index (χ1v) is 22.2. The lowest BCUT2D eigenvalue weighted by atomic mass is 10.1. The molecular weight excluding hydrogens is 807 g/mol. The molecular formula is C59H37N7. The second-order valence-electron chi connectivity index (χ2n) is 17.0. The molecule has 0 amide bonds. The summed E-state index contributed by atoms with van der Waals surface area (Å²) in [4.78, 5) is 10.8. The van der Waals surface area contributed by atoms with Gasteiger partial charge in [0.2, 0.25) is 0 Å². The highest BCUT2D eigenvalue weighted by atomic mass is 15.1. The Morgan fingerprint density at radius 3 is 1.05 bits per heavy atom. The normalized spacial score (nSPS) is 12.0. The molecule has 7 nitrogen and oxygen atoms in total. The van der Waals surface area contributed by atoms with E-state index in [-0.39, 0.29) is 0 Å². The number of aromatic nitrogens is 6. The molecule has 5 aromatic heterocycles. The van der Waals surface area contributed by atoms with Crippen molar-refractivity contribution in [3.63, 3.8) is 0 Å². The monoisotopic (exact) mass is 843 g/mol. The quantitative estimate of drug-likeness (QED) is 0.169. The molecule has 0 bridgehead atoms. The van der Waals surface area contributed by atoms with Crippen LogP contribution in [0.1, 0.15) is 5.56 Å². The lowest BCUT2D eigenvalue weighted by molar-refractivity contribution is 0.993. The van der Waals surface area contributed by atoms with Gasteiger partial charge in [-0.05, 0) is 84.4 Å². The fourth-order valence-electron chi connectivity index (χ4n) is 10.6. The van der Waals surface area contributed by atoms with Crippen LogP contribution < -0.4 is 0 Å². The highest BCUT2D eigenvalue weighted by molar-refractivity contribution is 6.14. The van der Waals surface area contributed by atoms with Gasteiger partial charge < -0.3 is 14.5 Å². The van der Waals surface area contributed by atoms with Gasteiger partial charge in [-0.25, -0.2) is 9.97 Å². The van der Waals surface area contributed by atoms with Crippen molar-refractivity contribution in [2.24, 2.45) is 0 Å². The van der Waals surface area contributed by atoms with Crippen molar-refractivity contribution >= 4 is 93.4 Å². The maximum absolute atomic E-state index is 8.11. The van der Waals surface area contributed by atoms with Gasteiger partial charge in [0.05, 0.1) is 44.1 Å². The molecule has 14 rings (SSSR count). The molecule has 1 N–H and O–H groups in total. The van der Waals surface area contributed by atoms with E-state index in [9.17, 15) is 0 Å². The van der Waals surface area contributed by atoms with Crippen LogP contribution in [-0.4, -0.2) is 34.5 Å². The average molecular weight is 844 g/mol. The minimum Gasteiger partial charge on any atom is -0.309 e. The molecule has 0 fully saturated rings. The first kappa shape index (κ1) is 36.4. The lowest BCUT2D eigenvalue weighted by Crippen LogP contribution is -2.06. The Labute approximate surface area is 377 Å². The standard InChI is InChI=1S/C59H37N7/c60-36-37-14-13-15-38(32-37)59-61-57(65-53-26-11-5-20-45(53)47-33-39(28-30-55(47)65)63-49-22-7-1-16-41(49)42-17-2-8-23-50(42)63)35-58(62-59)66-54-27-12-6-21-46(54)48-34-40(29-31-56(48)66)64-51-24-9-3-18-43(51)44-19-4-10-25-52(44)64/h1-36,60H. The third-order valence-corrected chi connectivity index (χ3v) is 13.5. The Balaban J connectivity index is 1.02. The number of benzene rings is 9. The first-order chi connectivity index (χ1) is 32.7. The molecule has 0 radical (unpaired) electrons. The number of fused-ring (bicyclic) bond motifs is 12. The van der Waals surface area contributed by atoms with Gasteiger partial charge in [0.15, 0.2) is 5.82 Å². The van der Waals surface area contributed by atoms with Crippen molar-refractivity contribution in [2.75, 3.05) is 0 Å². The molecule has 0 aliphatic heterocycles. The summed E-state index contributed by atoms with van der Waals surface area (Å²) in [5.41, 5.74) is 12.7. The van der Waals surface area contributed by atoms with E-state index in [1.54, 1.807) is 0 Å². The lowest BCUT2D eigenvalue weighted by Gasteiger charge is -2.14. The molecule has 7 heteroatoms. The summed E-state index contributed by atoms with van der Waals surface area (Å²) in [5, 5.41) is 17.6. The van der Waals surface area contributed by atoms with Gasteiger partial charge in [0.25, 0.3) is 0 Å². The van der Waals surface area contributed by atoms with Gasteiger partial charge >= 0.3 is 0 Å². The van der Waals surface area contributed by atoms with E-state index >= 15 is 0 Å². The van der Waals surface area contributed by atoms with Crippen LogP contribution in [-0.2, 0) is 0 Å². The first-order valence-electron chi connectivity index (χ1n) is 22.2. The summed E-state index contributed by atoms with van der Waals surface area (Å²) < 4.78 is 9.32. The maximum atomic E-state index is 8.11. The third kappa shape index (κ3) is 5.22. The molecule has 9 aromatic carbocycles. The molecule has 0 atom stereocenters. The highest BCUT2D eigenvalue weighted by Crippen LogP contribution is 2.40. The van der Waals surface area contributed by atoms with E-state index in [1.807, 2.05) is 24.3 Å². The Bertz CT molecular complexity index is 3970. The van der Waals surface area contributed by atoms with Crippen molar-refractivity contribution in [1.29, 1.82) is 5.41 Å². The fraction of sp³-hybridized carbons (Fsp3) is 0. The topological polar surface area (TPSA) is 69.3 Å². The van der Waals surface area contributed by atoms with Crippen molar-refractivity contribution in [2.45, 2.75) is 0 Å². The number of hydrogen-bond acceptors (Lipinski definition) is 3. The zero-order chi connectivity index (χ0) is 43.5. The minimum atomic E-state index is 0.576. The summed E-state index contributed by atoms with van der Waals surface area (Å²) in [7, 11) is 0. The van der Waals surface area contributed by atoms with Crippen molar-refractivity contribution in [3.05, 3.63) is 218 Å². The van der Waals surface area contributed by atoms with Gasteiger partial charge in [0, 0.05) is 72.3 Å². The number of rotatable bonds is 6. The van der Waals surface area contributed by atoms with Gasteiger partial charge in [0.1, 0.15) is 11.6 Å². The second-order valence-corrected chi connectivity index (χ2v) is 17.0. The summed E-state index contributed by atoms with van der Waals surface area (Å²) in [6, 6.07) is 75.5. The van der Waals surface area contributed by atoms with E-state index in [0.29, 0.717) is 5.82 Å². The summed E-state index contributed by atoms with van der Waals surface area (Å²) in [6.07, 6.45) is 1.37. The van der Waals surface area contributed by atoms with Gasteiger partial charge in [-0.15, -0.1) is 0 Å². The predicted molar refractivity (Wildman–Crippen MR) is 273 cm³/mol. The largest absolute Gasteiger partial charge is 0.309 e. The minimum absolute atomic E-state index is 0.576. The average Bonchev–Trinajstić information content (AvgIpc) is 4.11. The number of nitrogens with one attached hydrogen (secondary N) is 1. The van der Waals surface area contributed by atoms with Crippen LogP contribution in [0.5, 0.6) is 0 Å². The fourth-order valence-corrected chi connectivity index (χ4v) is 10.6. The van der Waals surface area contributed by atoms with Crippen LogP contribution in [0.15, 0.2) is 212 Å². The van der Waals surface area contributed by atoms with Gasteiger partial charge in [-0.1, -0.05) is 127 Å². The summed E-state index contributed by atoms with van der Waals surface area (Å²) in [5.74, 6) is 2.07. The summed E-state index contributed by atoms with van der Waals surface area (Å²) >= 11 is 0. The maximum Gasteiger partial charge on any atom is 0.163 e. The van der Waals surface area contributed by atoms with E-state index in [4.69, 9.17) is 15.4 Å². The van der Waals surface area contributed by atoms with Gasteiger partial charge in [-0.2, -0.15) is 0 Å². The van der Waals surface area contributed by atoms with Crippen LogP contribution in [0.3, 0.4) is 0 Å². The summed E-state index contributed by atoms with van der Waals surface area (Å²) in [6.45, 7) is 0. The Hall–Kier alpha value is -9.07. The highest BCUT2D eigenvalue weighted by Gasteiger charge is 2.22. The van der Waals surface area contributed by atoms with Crippen LogP contribution in [0.2, 0.25) is 0 Å². The number of para-hydroxylation sites is 6. The molecule has 0 saturated carbocycles. The zero-order valence-corrected chi connectivity index (χ0v) is 35.5. The molecule has 0 aliphatic carbocycles. The molecule has 0 aliphatic rings. The predicted octanol–water partition coefficient (Wildman–Crippen LogP) is 14.5. The van der Waals surface area contributed by atoms with Crippen molar-refractivity contribution < 1.29 is 0 Å². The van der Waals surface area contributed by atoms with Crippen LogP contribution in [0.4, 0.5) is 0 Å². The van der Waals surface area contributed by atoms with Gasteiger partial charge in [-0.3, -0.25) is 9.13 Å². The van der Waals surface area contributed by atoms with Crippen molar-refractivity contribution in [1.82, 2.24) is 28.2 Å². The molecule has 0 unspecified atom stereocenters. The molecule has 0 spiro atoms. The number of nitrogens with zero attached hydrogens (tertiary/aromatic N) is 6. The van der Waals surface area contributed by atoms with E-state index in [0.717, 1.165) is 77.7 Å². The van der Waals surface area contributed by atoms with Crippen LogP contribution >= 0.6 is 0 Å². The Morgan fingerprint density at radius 2 is 0.652 bits per heavy atom. The van der Waals surface area contributed by atoms with E-state index in [1.165, 1.54) is 49.8 Å². The zero-order valence-electron chi connectivity index (χ0n) is 35.5. The van der Waals surface area contributed by atoms with Crippen LogP contribution in [0.25, 0.3) is 122 Å². The van der Waals surface area contributed by atoms with Crippen LogP contribution in [0, 0.1) is 5.41 Å². The smallest absolute Gasteiger partial charge is 0.163 e. The molecule has 66 heavy (non-hydrogen) atoms. The van der Waals surface area contributed by atoms with Crippen molar-refractivity contribution in [3.8, 4) is 34.4 Å². The molecule has 308 valence electrons. The second kappa shape index (κ2) is 14.0. The van der Waals surface area contributed by atoms with E-state index in [2.05, 4.69) is 206 Å². The molecule has 14 aromatic rings. The number of hydrogen-bond donors (Lipinski definition) is 1. The molecule has 0 saturated heterocycles. The Morgan fingerprint density at radius 1 is 0.303 bits per heavy atom. The Kier molecular flexibility index (Phi) is 7.71. The SMILES string of the molecule is N=Cc1cccc(-c2nc(-n3c4ccccc4c4cc(-n5c6ccccc6c6ccccc65)ccc43)cc(-n3c4ccccc4c4cc(-n5c6ccccc6c6ccccc65)ccc43)n2)c1. The molecule has 5 heterocycles. The van der Waals surface area contributed by atoms with E-state index < -0.39 is 0 Å². The third-order valence-electron chi connectivity index (χ3n) is 13.5.